The molecule has 9 heteroatoms. The van der Waals surface area contributed by atoms with Crippen molar-refractivity contribution in [3.05, 3.63) is 23.9 Å². The van der Waals surface area contributed by atoms with E-state index in [1.54, 1.807) is 17.2 Å². The Balaban J connectivity index is 0.00000196. The monoisotopic (exact) mass is 424 g/mol. The van der Waals surface area contributed by atoms with Crippen LogP contribution in [0.1, 0.15) is 37.7 Å². The van der Waals surface area contributed by atoms with Crippen LogP contribution in [0.15, 0.2) is 18.3 Å². The largest absolute Gasteiger partial charge is 0.357 e. The van der Waals surface area contributed by atoms with Gasteiger partial charge in [-0.25, -0.2) is 4.98 Å². The number of nitrogens with one attached hydrogen (secondary N) is 1. The molecule has 1 aliphatic carbocycles. The molecule has 3 atom stereocenters. The molecule has 2 heterocycles. The fraction of sp³-hybridized carbons (Fsp3) is 0.579. The summed E-state index contributed by atoms with van der Waals surface area (Å²) in [5.74, 6) is 0.888. The van der Waals surface area contributed by atoms with Crippen molar-refractivity contribution in [3.8, 4) is 12.1 Å². The van der Waals surface area contributed by atoms with Gasteiger partial charge in [0.1, 0.15) is 17.9 Å². The molecule has 3 rings (SSSR count). The lowest BCUT2D eigenvalue weighted by molar-refractivity contribution is -0.130. The van der Waals surface area contributed by atoms with E-state index in [4.69, 9.17) is 10.5 Å². The highest BCUT2D eigenvalue weighted by Gasteiger charge is 2.31. The summed E-state index contributed by atoms with van der Waals surface area (Å²) in [6, 6.07) is 8.36. The highest BCUT2D eigenvalue weighted by atomic mass is 35.5. The number of carbonyl (C=O) groups is 1. The first-order valence-electron chi connectivity index (χ1n) is 9.14. The summed E-state index contributed by atoms with van der Waals surface area (Å²) < 4.78 is 0. The molecular formula is C19H26Cl2N6O. The van der Waals surface area contributed by atoms with Crippen LogP contribution in [-0.2, 0) is 4.79 Å². The van der Waals surface area contributed by atoms with Gasteiger partial charge in [-0.05, 0) is 44.2 Å². The van der Waals surface area contributed by atoms with Crippen LogP contribution >= 0.6 is 24.8 Å². The SMILES string of the molecule is CN(c1ccc(C#N)cn1)C1CCC(NCC(=O)N2CCCC2C#N)C1.Cl.Cl. The normalized spacial score (nSPS) is 23.1. The fourth-order valence-corrected chi connectivity index (χ4v) is 3.88. The molecule has 0 spiro atoms. The third-order valence-electron chi connectivity index (χ3n) is 5.46. The average molecular weight is 425 g/mol. The average Bonchev–Trinajstić information content (AvgIpc) is 3.34. The maximum absolute atomic E-state index is 12.3. The number of nitrogens with zero attached hydrogens (tertiary/aromatic N) is 5. The second kappa shape index (κ2) is 11.1. The molecule has 2 fully saturated rings. The Morgan fingerprint density at radius 3 is 2.75 bits per heavy atom. The van der Waals surface area contributed by atoms with Gasteiger partial charge in [-0.15, -0.1) is 24.8 Å². The van der Waals surface area contributed by atoms with Gasteiger partial charge in [0.05, 0.1) is 18.2 Å². The van der Waals surface area contributed by atoms with Crippen molar-refractivity contribution in [3.63, 3.8) is 0 Å². The summed E-state index contributed by atoms with van der Waals surface area (Å²) in [7, 11) is 2.02. The lowest BCUT2D eigenvalue weighted by Crippen LogP contribution is -2.43. The zero-order valence-corrected chi connectivity index (χ0v) is 17.5. The Morgan fingerprint density at radius 1 is 1.32 bits per heavy atom. The van der Waals surface area contributed by atoms with Crippen molar-refractivity contribution in [2.45, 2.75) is 50.2 Å². The number of hydrogen-bond donors (Lipinski definition) is 1. The van der Waals surface area contributed by atoms with Gasteiger partial charge < -0.3 is 15.1 Å². The summed E-state index contributed by atoms with van der Waals surface area (Å²) in [5.41, 5.74) is 0.559. The number of halogens is 2. The van der Waals surface area contributed by atoms with Gasteiger partial charge in [0.2, 0.25) is 5.91 Å². The predicted octanol–water partition coefficient (Wildman–Crippen LogP) is 2.26. The Morgan fingerprint density at radius 2 is 2.11 bits per heavy atom. The molecule has 7 nitrogen and oxygen atoms in total. The highest BCUT2D eigenvalue weighted by molar-refractivity contribution is 5.85. The van der Waals surface area contributed by atoms with Gasteiger partial charge in [-0.1, -0.05) is 0 Å². The molecule has 3 unspecified atom stereocenters. The van der Waals surface area contributed by atoms with E-state index in [-0.39, 0.29) is 36.8 Å². The first kappa shape index (κ1) is 24.0. The summed E-state index contributed by atoms with van der Waals surface area (Å²) in [6.07, 6.45) is 6.30. The predicted molar refractivity (Wildman–Crippen MR) is 112 cm³/mol. The van der Waals surface area contributed by atoms with Crippen molar-refractivity contribution in [1.82, 2.24) is 15.2 Å². The zero-order valence-electron chi connectivity index (χ0n) is 15.9. The molecule has 1 N–H and O–H groups in total. The van der Waals surface area contributed by atoms with E-state index in [0.717, 1.165) is 37.9 Å². The van der Waals surface area contributed by atoms with Crippen molar-refractivity contribution >= 4 is 36.5 Å². The molecule has 1 saturated heterocycles. The van der Waals surface area contributed by atoms with Crippen LogP contribution < -0.4 is 10.2 Å². The molecule has 0 aromatic carbocycles. The molecular weight excluding hydrogens is 399 g/mol. The van der Waals surface area contributed by atoms with Crippen LogP contribution in [0.5, 0.6) is 0 Å². The van der Waals surface area contributed by atoms with E-state index >= 15 is 0 Å². The van der Waals surface area contributed by atoms with Crippen LogP contribution in [-0.4, -0.2) is 54.1 Å². The van der Waals surface area contributed by atoms with Crippen molar-refractivity contribution in [2.24, 2.45) is 0 Å². The Bertz CT molecular complexity index is 729. The second-order valence-electron chi connectivity index (χ2n) is 7.05. The number of nitriles is 2. The zero-order chi connectivity index (χ0) is 18.5. The smallest absolute Gasteiger partial charge is 0.237 e. The van der Waals surface area contributed by atoms with Crippen LogP contribution in [0.25, 0.3) is 0 Å². The third kappa shape index (κ3) is 5.48. The number of hydrogen-bond acceptors (Lipinski definition) is 6. The number of anilines is 1. The number of carbonyl (C=O) groups excluding carboxylic acids is 1. The number of aromatic nitrogens is 1. The van der Waals surface area contributed by atoms with Gasteiger partial charge >= 0.3 is 0 Å². The van der Waals surface area contributed by atoms with Crippen molar-refractivity contribution in [1.29, 1.82) is 10.5 Å². The maximum Gasteiger partial charge on any atom is 0.237 e. The van der Waals surface area contributed by atoms with Gasteiger partial charge in [-0.3, -0.25) is 4.79 Å². The minimum absolute atomic E-state index is 0. The standard InChI is InChI=1S/C19H24N6O.2ClH/c1-24(18-7-4-14(10-20)12-23-18)16-6-5-15(9-16)22-13-19(26)25-8-2-3-17(25)11-21;;/h4,7,12,15-17,22H,2-3,5-6,8-9,13H2,1H3;2*1H. The maximum atomic E-state index is 12.3. The Hall–Kier alpha value is -2.06. The second-order valence-corrected chi connectivity index (χ2v) is 7.05. The number of rotatable bonds is 5. The van der Waals surface area contributed by atoms with Crippen molar-refractivity contribution in [2.75, 3.05) is 25.0 Å². The van der Waals surface area contributed by atoms with Crippen LogP contribution in [0.4, 0.5) is 5.82 Å². The minimum Gasteiger partial charge on any atom is -0.357 e. The minimum atomic E-state index is -0.255. The molecule has 1 aliphatic heterocycles. The lowest BCUT2D eigenvalue weighted by atomic mass is 10.2. The first-order chi connectivity index (χ1) is 12.6. The van der Waals surface area contributed by atoms with Crippen molar-refractivity contribution < 1.29 is 4.79 Å². The van der Waals surface area contributed by atoms with E-state index in [2.05, 4.69) is 27.3 Å². The van der Waals surface area contributed by atoms with Gasteiger partial charge in [0, 0.05) is 31.9 Å². The number of likely N-dealkylation sites (tertiary alicyclic amines) is 1. The van der Waals surface area contributed by atoms with Crippen LogP contribution in [0.2, 0.25) is 0 Å². The summed E-state index contributed by atoms with van der Waals surface area (Å²) in [6.45, 7) is 0.994. The summed E-state index contributed by atoms with van der Waals surface area (Å²) in [4.78, 5) is 20.5. The molecule has 1 aromatic rings. The van der Waals surface area contributed by atoms with E-state index in [9.17, 15) is 4.79 Å². The van der Waals surface area contributed by atoms with E-state index in [0.29, 0.717) is 30.7 Å². The highest BCUT2D eigenvalue weighted by Crippen LogP contribution is 2.26. The number of pyridine rings is 1. The molecule has 1 aromatic heterocycles. The fourth-order valence-electron chi connectivity index (χ4n) is 3.88. The van der Waals surface area contributed by atoms with Gasteiger partial charge in [0.15, 0.2) is 0 Å². The van der Waals surface area contributed by atoms with Gasteiger partial charge in [0.25, 0.3) is 0 Å². The topological polar surface area (TPSA) is 96.1 Å². The van der Waals surface area contributed by atoms with E-state index in [1.165, 1.54) is 0 Å². The summed E-state index contributed by atoms with van der Waals surface area (Å²) >= 11 is 0. The molecule has 1 saturated carbocycles. The summed E-state index contributed by atoms with van der Waals surface area (Å²) in [5, 5.41) is 21.3. The molecule has 28 heavy (non-hydrogen) atoms. The van der Waals surface area contributed by atoms with E-state index < -0.39 is 0 Å². The van der Waals surface area contributed by atoms with Crippen LogP contribution in [0, 0.1) is 22.7 Å². The quantitative estimate of drug-likeness (QED) is 0.778. The molecule has 2 aliphatic rings. The van der Waals surface area contributed by atoms with Crippen LogP contribution in [0.3, 0.4) is 0 Å². The first-order valence-corrected chi connectivity index (χ1v) is 9.14. The molecule has 0 bridgehead atoms. The van der Waals surface area contributed by atoms with Gasteiger partial charge in [-0.2, -0.15) is 10.5 Å². The lowest BCUT2D eigenvalue weighted by Gasteiger charge is -2.26. The molecule has 152 valence electrons. The number of amides is 1. The molecule has 0 radical (unpaired) electrons. The Kier molecular flexibility index (Phi) is 9.48. The van der Waals surface area contributed by atoms with E-state index in [1.807, 2.05) is 13.1 Å². The third-order valence-corrected chi connectivity index (χ3v) is 5.46. The molecule has 1 amide bonds. The Labute approximate surface area is 178 Å².